The second-order valence-corrected chi connectivity index (χ2v) is 5.35. The van der Waals surface area contributed by atoms with E-state index in [0.717, 1.165) is 18.7 Å². The zero-order valence-corrected chi connectivity index (χ0v) is 11.0. The number of hydrazine groups is 1. The molecule has 4 nitrogen and oxygen atoms in total. The average Bonchev–Trinajstić information content (AvgIpc) is 2.91. The highest BCUT2D eigenvalue weighted by atomic mass is 32.1. The van der Waals surface area contributed by atoms with E-state index >= 15 is 0 Å². The number of rotatable bonds is 5. The third kappa shape index (κ3) is 2.57. The predicted octanol–water partition coefficient (Wildman–Crippen LogP) is 2.22. The van der Waals surface area contributed by atoms with Gasteiger partial charge in [0.2, 0.25) is 0 Å². The lowest BCUT2D eigenvalue weighted by molar-refractivity contribution is 0.524. The Labute approximate surface area is 105 Å². The number of thiophene rings is 1. The van der Waals surface area contributed by atoms with Crippen molar-refractivity contribution in [2.24, 2.45) is 5.84 Å². The lowest BCUT2D eigenvalue weighted by atomic mass is 10.2. The summed E-state index contributed by atoms with van der Waals surface area (Å²) in [5.41, 5.74) is 4.00. The molecule has 0 spiro atoms. The molecule has 0 amide bonds. The zero-order valence-electron chi connectivity index (χ0n) is 10.2. The molecule has 0 aromatic carbocycles. The minimum absolute atomic E-state index is 0.0303. The summed E-state index contributed by atoms with van der Waals surface area (Å²) < 4.78 is 2.01. The summed E-state index contributed by atoms with van der Waals surface area (Å²) in [6.45, 7) is 5.17. The molecule has 0 bridgehead atoms. The molecule has 2 heterocycles. The number of nitrogens with one attached hydrogen (secondary N) is 1. The minimum atomic E-state index is 0.0303. The fourth-order valence-corrected chi connectivity index (χ4v) is 2.86. The van der Waals surface area contributed by atoms with Gasteiger partial charge < -0.3 is 0 Å². The van der Waals surface area contributed by atoms with Crippen LogP contribution in [-0.2, 0) is 6.54 Å². The van der Waals surface area contributed by atoms with Crippen molar-refractivity contribution in [3.8, 4) is 0 Å². The molecule has 5 heteroatoms. The van der Waals surface area contributed by atoms with Crippen LogP contribution < -0.4 is 11.3 Å². The first-order valence-electron chi connectivity index (χ1n) is 5.80. The van der Waals surface area contributed by atoms with Gasteiger partial charge in [-0.15, -0.1) is 11.3 Å². The van der Waals surface area contributed by atoms with Crippen LogP contribution in [0.4, 0.5) is 0 Å². The molecule has 0 saturated heterocycles. The molecule has 0 aliphatic heterocycles. The number of hydrogen-bond donors (Lipinski definition) is 2. The van der Waals surface area contributed by atoms with E-state index in [9.17, 15) is 0 Å². The van der Waals surface area contributed by atoms with Crippen LogP contribution in [0.1, 0.15) is 34.8 Å². The van der Waals surface area contributed by atoms with Crippen molar-refractivity contribution < 1.29 is 0 Å². The van der Waals surface area contributed by atoms with Crippen molar-refractivity contribution in [2.45, 2.75) is 32.9 Å². The van der Waals surface area contributed by atoms with E-state index in [1.807, 2.05) is 16.9 Å². The molecule has 0 aliphatic carbocycles. The maximum atomic E-state index is 5.69. The van der Waals surface area contributed by atoms with E-state index in [0.29, 0.717) is 0 Å². The average molecular weight is 250 g/mol. The molecule has 0 aliphatic rings. The predicted molar refractivity (Wildman–Crippen MR) is 70.7 cm³/mol. The van der Waals surface area contributed by atoms with Crippen LogP contribution in [0.5, 0.6) is 0 Å². The van der Waals surface area contributed by atoms with Gasteiger partial charge in [-0.1, -0.05) is 6.92 Å². The van der Waals surface area contributed by atoms with Gasteiger partial charge in [0.15, 0.2) is 0 Å². The van der Waals surface area contributed by atoms with Crippen LogP contribution in [0.3, 0.4) is 0 Å². The first-order chi connectivity index (χ1) is 8.26. The fourth-order valence-electron chi connectivity index (χ4n) is 1.91. The quantitative estimate of drug-likeness (QED) is 0.632. The standard InChI is InChI=1S/C12H18N4S/c1-3-8-16-10(6-7-14-16)12(15-13)11-5-4-9(2)17-11/h4-7,12,15H,3,8,13H2,1-2H3. The number of hydrogen-bond acceptors (Lipinski definition) is 4. The Morgan fingerprint density at radius 1 is 1.47 bits per heavy atom. The monoisotopic (exact) mass is 250 g/mol. The second kappa shape index (κ2) is 5.44. The molecular formula is C12H18N4S. The molecule has 1 atom stereocenters. The number of nitrogens with two attached hydrogens (primary N) is 1. The lowest BCUT2D eigenvalue weighted by Crippen LogP contribution is -2.30. The summed E-state index contributed by atoms with van der Waals surface area (Å²) in [7, 11) is 0. The van der Waals surface area contributed by atoms with Crippen LogP contribution >= 0.6 is 11.3 Å². The van der Waals surface area contributed by atoms with Crippen LogP contribution in [0.25, 0.3) is 0 Å². The molecule has 0 saturated carbocycles. The van der Waals surface area contributed by atoms with Crippen molar-refractivity contribution in [3.63, 3.8) is 0 Å². The minimum Gasteiger partial charge on any atom is -0.270 e. The largest absolute Gasteiger partial charge is 0.270 e. The fraction of sp³-hybridized carbons (Fsp3) is 0.417. The van der Waals surface area contributed by atoms with Gasteiger partial charge in [-0.05, 0) is 31.5 Å². The van der Waals surface area contributed by atoms with Crippen LogP contribution in [0.2, 0.25) is 0 Å². The third-order valence-corrected chi connectivity index (χ3v) is 3.76. The Bertz CT molecular complexity index is 474. The maximum absolute atomic E-state index is 5.69. The molecular weight excluding hydrogens is 232 g/mol. The second-order valence-electron chi connectivity index (χ2n) is 4.03. The molecule has 0 radical (unpaired) electrons. The highest BCUT2D eigenvalue weighted by Crippen LogP contribution is 2.27. The third-order valence-electron chi connectivity index (χ3n) is 2.69. The maximum Gasteiger partial charge on any atom is 0.0970 e. The SMILES string of the molecule is CCCn1nccc1C(NN)c1ccc(C)s1. The first-order valence-corrected chi connectivity index (χ1v) is 6.62. The van der Waals surface area contributed by atoms with Gasteiger partial charge in [-0.3, -0.25) is 10.5 Å². The van der Waals surface area contributed by atoms with E-state index in [1.54, 1.807) is 11.3 Å². The summed E-state index contributed by atoms with van der Waals surface area (Å²) in [5.74, 6) is 5.69. The van der Waals surface area contributed by atoms with Gasteiger partial charge in [-0.25, -0.2) is 5.43 Å². The number of aryl methyl sites for hydroxylation is 2. The normalized spacial score (nSPS) is 12.9. The van der Waals surface area contributed by atoms with E-state index in [1.165, 1.54) is 9.75 Å². The van der Waals surface area contributed by atoms with E-state index in [-0.39, 0.29) is 6.04 Å². The number of aromatic nitrogens is 2. The van der Waals surface area contributed by atoms with Gasteiger partial charge in [0, 0.05) is 22.5 Å². The van der Waals surface area contributed by atoms with Gasteiger partial charge in [0.05, 0.1) is 11.7 Å². The van der Waals surface area contributed by atoms with E-state index in [2.05, 4.69) is 36.5 Å². The van der Waals surface area contributed by atoms with Crippen molar-refractivity contribution in [1.82, 2.24) is 15.2 Å². The van der Waals surface area contributed by atoms with Crippen molar-refractivity contribution in [2.75, 3.05) is 0 Å². The summed E-state index contributed by atoms with van der Waals surface area (Å²) in [6, 6.07) is 6.29. The lowest BCUT2D eigenvalue weighted by Gasteiger charge is -2.16. The molecule has 1 unspecified atom stereocenters. The van der Waals surface area contributed by atoms with Crippen LogP contribution in [0, 0.1) is 6.92 Å². The van der Waals surface area contributed by atoms with Gasteiger partial charge in [0.1, 0.15) is 0 Å². The Morgan fingerprint density at radius 2 is 2.29 bits per heavy atom. The first kappa shape index (κ1) is 12.3. The van der Waals surface area contributed by atoms with E-state index < -0.39 is 0 Å². The topological polar surface area (TPSA) is 55.9 Å². The van der Waals surface area contributed by atoms with Crippen LogP contribution in [-0.4, -0.2) is 9.78 Å². The molecule has 3 N–H and O–H groups in total. The van der Waals surface area contributed by atoms with Crippen LogP contribution in [0.15, 0.2) is 24.4 Å². The van der Waals surface area contributed by atoms with E-state index in [4.69, 9.17) is 5.84 Å². The van der Waals surface area contributed by atoms with Crippen molar-refractivity contribution >= 4 is 11.3 Å². The Balaban J connectivity index is 2.31. The van der Waals surface area contributed by atoms with Gasteiger partial charge >= 0.3 is 0 Å². The molecule has 0 fully saturated rings. The van der Waals surface area contributed by atoms with Crippen molar-refractivity contribution in [1.29, 1.82) is 0 Å². The summed E-state index contributed by atoms with van der Waals surface area (Å²) in [6.07, 6.45) is 2.89. The highest BCUT2D eigenvalue weighted by Gasteiger charge is 2.18. The molecule has 2 rings (SSSR count). The molecule has 2 aromatic heterocycles. The Hall–Kier alpha value is -1.17. The van der Waals surface area contributed by atoms with Gasteiger partial charge in [0.25, 0.3) is 0 Å². The Morgan fingerprint density at radius 3 is 2.88 bits per heavy atom. The van der Waals surface area contributed by atoms with Crippen molar-refractivity contribution in [3.05, 3.63) is 39.8 Å². The molecule has 17 heavy (non-hydrogen) atoms. The molecule has 92 valence electrons. The smallest absolute Gasteiger partial charge is 0.0970 e. The Kier molecular flexibility index (Phi) is 3.93. The molecule has 2 aromatic rings. The summed E-state index contributed by atoms with van der Waals surface area (Å²) >= 11 is 1.76. The summed E-state index contributed by atoms with van der Waals surface area (Å²) in [5, 5.41) is 4.33. The number of nitrogens with zero attached hydrogens (tertiary/aromatic N) is 2. The van der Waals surface area contributed by atoms with Gasteiger partial charge in [-0.2, -0.15) is 5.10 Å². The zero-order chi connectivity index (χ0) is 12.3. The highest BCUT2D eigenvalue weighted by molar-refractivity contribution is 7.12. The summed E-state index contributed by atoms with van der Waals surface area (Å²) in [4.78, 5) is 2.52.